The first-order chi connectivity index (χ1) is 12.2. The minimum Gasteiger partial charge on any atom is -0.481 e. The standard InChI is InChI=1S/C19H36N4O2/c1-3-4-5-6-7-8-9-10-11-12-13-14-15-21-17-16-18(25-2)22-19(20)23(17)24/h16,24H,3-15H2,1-2H3,(H2,20,22). The Morgan fingerprint density at radius 2 is 1.52 bits per heavy atom. The molecule has 0 amide bonds. The van der Waals surface area contributed by atoms with Crippen molar-refractivity contribution in [3.05, 3.63) is 11.6 Å². The van der Waals surface area contributed by atoms with E-state index in [0.717, 1.165) is 11.2 Å². The molecule has 0 aliphatic carbocycles. The van der Waals surface area contributed by atoms with Crippen molar-refractivity contribution in [3.8, 4) is 5.88 Å². The lowest BCUT2D eigenvalue weighted by molar-refractivity contribution is 0.173. The predicted octanol–water partition coefficient (Wildman–Crippen LogP) is 4.31. The molecule has 1 heterocycles. The zero-order valence-electron chi connectivity index (χ0n) is 16.0. The molecule has 0 radical (unpaired) electrons. The number of methoxy groups -OCH3 is 1. The molecule has 6 nitrogen and oxygen atoms in total. The molecule has 0 bridgehead atoms. The van der Waals surface area contributed by atoms with Crippen molar-refractivity contribution in [1.29, 1.82) is 0 Å². The van der Waals surface area contributed by atoms with Crippen LogP contribution in [0.4, 0.5) is 5.95 Å². The number of hydrogen-bond acceptors (Lipinski definition) is 5. The minimum absolute atomic E-state index is 0.0206. The second kappa shape index (κ2) is 13.6. The Morgan fingerprint density at radius 1 is 1.00 bits per heavy atom. The number of rotatable bonds is 14. The number of nitrogen functional groups attached to an aromatic ring is 1. The third kappa shape index (κ3) is 9.37. The maximum absolute atomic E-state index is 9.79. The zero-order chi connectivity index (χ0) is 18.3. The van der Waals surface area contributed by atoms with Crippen LogP contribution in [0.1, 0.15) is 84.0 Å². The Balaban J connectivity index is 2.08. The van der Waals surface area contributed by atoms with Crippen LogP contribution >= 0.6 is 0 Å². The van der Waals surface area contributed by atoms with E-state index in [-0.39, 0.29) is 5.95 Å². The first-order valence-corrected chi connectivity index (χ1v) is 9.82. The molecule has 6 heteroatoms. The minimum atomic E-state index is -0.0206. The fourth-order valence-corrected chi connectivity index (χ4v) is 2.85. The molecule has 0 aliphatic heterocycles. The molecule has 144 valence electrons. The predicted molar refractivity (Wildman–Crippen MR) is 102 cm³/mol. The van der Waals surface area contributed by atoms with Crippen molar-refractivity contribution in [2.24, 2.45) is 4.99 Å². The van der Waals surface area contributed by atoms with Gasteiger partial charge < -0.3 is 15.7 Å². The lowest BCUT2D eigenvalue weighted by Gasteiger charge is -2.05. The Kier molecular flexibility index (Phi) is 11.6. The van der Waals surface area contributed by atoms with Gasteiger partial charge in [0, 0.05) is 12.6 Å². The maximum Gasteiger partial charge on any atom is 0.239 e. The van der Waals surface area contributed by atoms with Gasteiger partial charge in [-0.2, -0.15) is 4.98 Å². The number of aromatic nitrogens is 2. The number of nitrogens with two attached hydrogens (primary N) is 1. The normalized spacial score (nSPS) is 11.8. The van der Waals surface area contributed by atoms with Gasteiger partial charge in [0.25, 0.3) is 0 Å². The molecule has 0 atom stereocenters. The van der Waals surface area contributed by atoms with E-state index in [9.17, 15) is 5.21 Å². The largest absolute Gasteiger partial charge is 0.481 e. The molecule has 1 rings (SSSR count). The number of ether oxygens (including phenoxy) is 1. The van der Waals surface area contributed by atoms with Crippen molar-refractivity contribution < 1.29 is 9.94 Å². The van der Waals surface area contributed by atoms with Gasteiger partial charge in [-0.15, -0.1) is 4.73 Å². The molecule has 3 N–H and O–H groups in total. The van der Waals surface area contributed by atoms with Crippen molar-refractivity contribution in [3.63, 3.8) is 0 Å². The van der Waals surface area contributed by atoms with Crippen molar-refractivity contribution in [2.45, 2.75) is 84.0 Å². The molecular formula is C19H36N4O2. The van der Waals surface area contributed by atoms with E-state index < -0.39 is 0 Å². The number of unbranched alkanes of at least 4 members (excludes halogenated alkanes) is 11. The van der Waals surface area contributed by atoms with E-state index in [0.29, 0.717) is 17.9 Å². The van der Waals surface area contributed by atoms with Crippen LogP contribution in [0.15, 0.2) is 11.1 Å². The first-order valence-electron chi connectivity index (χ1n) is 9.82. The van der Waals surface area contributed by atoms with Gasteiger partial charge >= 0.3 is 0 Å². The topological polar surface area (TPSA) is 85.7 Å². The van der Waals surface area contributed by atoms with E-state index in [4.69, 9.17) is 10.5 Å². The third-order valence-corrected chi connectivity index (χ3v) is 4.41. The molecule has 1 aromatic rings. The second-order valence-corrected chi connectivity index (χ2v) is 6.60. The Bertz CT molecular complexity index is 529. The molecule has 0 spiro atoms. The number of anilines is 1. The summed E-state index contributed by atoms with van der Waals surface area (Å²) in [7, 11) is 1.51. The smallest absolute Gasteiger partial charge is 0.239 e. The fraction of sp³-hybridized carbons (Fsp3) is 0.789. The Labute approximate surface area is 152 Å². The molecule has 0 aromatic carbocycles. The summed E-state index contributed by atoms with van der Waals surface area (Å²) in [6.45, 7) is 2.93. The van der Waals surface area contributed by atoms with E-state index in [1.165, 1.54) is 77.7 Å². The molecule has 0 fully saturated rings. The van der Waals surface area contributed by atoms with E-state index >= 15 is 0 Å². The van der Waals surface area contributed by atoms with Crippen LogP contribution in [0.5, 0.6) is 5.88 Å². The summed E-state index contributed by atoms with van der Waals surface area (Å²) >= 11 is 0. The molecule has 0 saturated carbocycles. The zero-order valence-corrected chi connectivity index (χ0v) is 16.0. The Hall–Kier alpha value is -1.72. The van der Waals surface area contributed by atoms with Crippen LogP contribution in [0.2, 0.25) is 0 Å². The summed E-state index contributed by atoms with van der Waals surface area (Å²) in [5, 5.41) is 9.79. The highest BCUT2D eigenvalue weighted by Crippen LogP contribution is 2.12. The summed E-state index contributed by atoms with van der Waals surface area (Å²) in [6, 6.07) is 1.58. The van der Waals surface area contributed by atoms with E-state index in [1.54, 1.807) is 6.07 Å². The first kappa shape index (κ1) is 21.3. The second-order valence-electron chi connectivity index (χ2n) is 6.60. The van der Waals surface area contributed by atoms with Crippen LogP contribution in [-0.2, 0) is 0 Å². The number of hydrogen-bond donors (Lipinski definition) is 2. The van der Waals surface area contributed by atoms with Crippen LogP contribution < -0.4 is 16.0 Å². The van der Waals surface area contributed by atoms with Gasteiger partial charge in [-0.25, -0.2) is 0 Å². The van der Waals surface area contributed by atoms with Crippen molar-refractivity contribution in [1.82, 2.24) is 9.71 Å². The van der Waals surface area contributed by atoms with E-state index in [2.05, 4.69) is 16.9 Å². The summed E-state index contributed by atoms with van der Waals surface area (Å²) in [6.07, 6.45) is 15.8. The summed E-state index contributed by atoms with van der Waals surface area (Å²) in [4.78, 5) is 8.25. The van der Waals surface area contributed by atoms with Crippen molar-refractivity contribution in [2.75, 3.05) is 19.4 Å². The molecule has 1 aromatic heterocycles. The maximum atomic E-state index is 9.79. The van der Waals surface area contributed by atoms with Gasteiger partial charge in [0.2, 0.25) is 11.8 Å². The quantitative estimate of drug-likeness (QED) is 0.386. The molecule has 0 saturated heterocycles. The lowest BCUT2D eigenvalue weighted by atomic mass is 10.1. The average molecular weight is 353 g/mol. The Morgan fingerprint density at radius 3 is 2.04 bits per heavy atom. The fourth-order valence-electron chi connectivity index (χ4n) is 2.85. The number of nitrogens with zero attached hydrogens (tertiary/aromatic N) is 3. The highest BCUT2D eigenvalue weighted by molar-refractivity contribution is 5.21. The van der Waals surface area contributed by atoms with Gasteiger partial charge in [-0.05, 0) is 6.42 Å². The van der Waals surface area contributed by atoms with E-state index in [1.807, 2.05) is 0 Å². The third-order valence-electron chi connectivity index (χ3n) is 4.41. The SMILES string of the molecule is CCCCCCCCCCCCCCN=c1cc(OC)nc(N)n1O. The lowest BCUT2D eigenvalue weighted by Crippen LogP contribution is -2.23. The highest BCUT2D eigenvalue weighted by Gasteiger charge is 2.02. The molecule has 0 aliphatic rings. The summed E-state index contributed by atoms with van der Waals surface area (Å²) < 4.78 is 5.83. The van der Waals surface area contributed by atoms with Gasteiger partial charge in [0.1, 0.15) is 0 Å². The van der Waals surface area contributed by atoms with Gasteiger partial charge in [-0.1, -0.05) is 77.6 Å². The van der Waals surface area contributed by atoms with Crippen LogP contribution in [0.3, 0.4) is 0 Å². The van der Waals surface area contributed by atoms with Crippen LogP contribution in [-0.4, -0.2) is 28.6 Å². The van der Waals surface area contributed by atoms with Crippen LogP contribution in [0, 0.1) is 0 Å². The molecule has 25 heavy (non-hydrogen) atoms. The molecule has 0 unspecified atom stereocenters. The average Bonchev–Trinajstić information content (AvgIpc) is 2.62. The van der Waals surface area contributed by atoms with Crippen molar-refractivity contribution >= 4 is 5.95 Å². The molecular weight excluding hydrogens is 316 g/mol. The highest BCUT2D eigenvalue weighted by atomic mass is 16.5. The van der Waals surface area contributed by atoms with Gasteiger partial charge in [0.15, 0.2) is 5.49 Å². The summed E-state index contributed by atoms with van der Waals surface area (Å²) in [5.74, 6) is 0.337. The van der Waals surface area contributed by atoms with Gasteiger partial charge in [0.05, 0.1) is 7.11 Å². The van der Waals surface area contributed by atoms with Gasteiger partial charge in [-0.3, -0.25) is 4.99 Å². The monoisotopic (exact) mass is 352 g/mol. The summed E-state index contributed by atoms with van der Waals surface area (Å²) in [5.41, 5.74) is 5.98. The van der Waals surface area contributed by atoms with Crippen LogP contribution in [0.25, 0.3) is 0 Å².